The molecule has 0 fully saturated rings. The standard InChI is InChI=1S/C22H33N5O.HI/c1-6-23-22(24-12-17-9-15(4)21(28)16(5)10-17)25-19-8-7-18-13-27(14(2)3)26-20(18)11-19;/h9-10,13-14,19,28H,6-8,11-12H2,1-5H3,(H2,23,24,25);1H. The Balaban J connectivity index is 0.00000300. The summed E-state index contributed by atoms with van der Waals surface area (Å²) in [5.41, 5.74) is 5.47. The number of hydrogen-bond donors (Lipinski definition) is 3. The van der Waals surface area contributed by atoms with Crippen molar-refractivity contribution < 1.29 is 5.11 Å². The van der Waals surface area contributed by atoms with Crippen LogP contribution in [0.3, 0.4) is 0 Å². The number of benzene rings is 1. The molecule has 0 amide bonds. The van der Waals surface area contributed by atoms with Gasteiger partial charge in [0, 0.05) is 31.2 Å². The quantitative estimate of drug-likeness (QED) is 0.322. The summed E-state index contributed by atoms with van der Waals surface area (Å²) in [6, 6.07) is 4.74. The van der Waals surface area contributed by atoms with Crippen LogP contribution in [-0.2, 0) is 19.4 Å². The van der Waals surface area contributed by atoms with E-state index in [4.69, 9.17) is 10.1 Å². The van der Waals surface area contributed by atoms with Gasteiger partial charge in [0.05, 0.1) is 12.2 Å². The van der Waals surface area contributed by atoms with Crippen LogP contribution in [0.25, 0.3) is 0 Å². The highest BCUT2D eigenvalue weighted by Gasteiger charge is 2.23. The Hall–Kier alpha value is -1.77. The van der Waals surface area contributed by atoms with Crippen LogP contribution in [0.5, 0.6) is 5.75 Å². The minimum absolute atomic E-state index is 0. The molecule has 1 heterocycles. The van der Waals surface area contributed by atoms with E-state index in [1.165, 1.54) is 11.3 Å². The number of aromatic nitrogens is 2. The van der Waals surface area contributed by atoms with Gasteiger partial charge in [0.25, 0.3) is 0 Å². The van der Waals surface area contributed by atoms with E-state index in [9.17, 15) is 5.11 Å². The number of guanidine groups is 1. The van der Waals surface area contributed by atoms with E-state index in [-0.39, 0.29) is 24.0 Å². The fraction of sp³-hybridized carbons (Fsp3) is 0.545. The van der Waals surface area contributed by atoms with E-state index >= 15 is 0 Å². The first-order valence-corrected chi connectivity index (χ1v) is 10.3. The van der Waals surface area contributed by atoms with Crippen molar-refractivity contribution in [2.45, 2.75) is 72.5 Å². The first-order chi connectivity index (χ1) is 13.4. The summed E-state index contributed by atoms with van der Waals surface area (Å²) in [6.07, 6.45) is 5.26. The maximum atomic E-state index is 9.96. The molecule has 7 heteroatoms. The molecule has 0 bridgehead atoms. The van der Waals surface area contributed by atoms with Gasteiger partial charge in [-0.3, -0.25) is 4.68 Å². The summed E-state index contributed by atoms with van der Waals surface area (Å²) in [6.45, 7) is 11.7. The molecular formula is C22H34IN5O. The highest BCUT2D eigenvalue weighted by molar-refractivity contribution is 14.0. The third-order valence-electron chi connectivity index (χ3n) is 5.28. The molecule has 1 aliphatic carbocycles. The van der Waals surface area contributed by atoms with E-state index < -0.39 is 0 Å². The average molecular weight is 511 g/mol. The number of hydrogen-bond acceptors (Lipinski definition) is 3. The number of nitrogens with one attached hydrogen (secondary N) is 2. The van der Waals surface area contributed by atoms with E-state index in [0.29, 0.717) is 24.4 Å². The lowest BCUT2D eigenvalue weighted by molar-refractivity contribution is 0.466. The molecule has 0 saturated heterocycles. The monoisotopic (exact) mass is 511 g/mol. The number of aryl methyl sites for hydroxylation is 3. The van der Waals surface area contributed by atoms with Gasteiger partial charge in [-0.1, -0.05) is 12.1 Å². The molecule has 160 valence electrons. The maximum Gasteiger partial charge on any atom is 0.191 e. The summed E-state index contributed by atoms with van der Waals surface area (Å²) < 4.78 is 2.07. The largest absolute Gasteiger partial charge is 0.507 e. The zero-order chi connectivity index (χ0) is 20.3. The van der Waals surface area contributed by atoms with Crippen LogP contribution in [-0.4, -0.2) is 33.4 Å². The maximum absolute atomic E-state index is 9.96. The van der Waals surface area contributed by atoms with E-state index in [0.717, 1.165) is 48.5 Å². The molecule has 1 aromatic carbocycles. The van der Waals surface area contributed by atoms with E-state index in [2.05, 4.69) is 42.3 Å². The first kappa shape index (κ1) is 23.5. The molecule has 1 unspecified atom stereocenters. The van der Waals surface area contributed by atoms with Crippen molar-refractivity contribution in [2.75, 3.05) is 6.54 Å². The van der Waals surface area contributed by atoms with Gasteiger partial charge in [-0.2, -0.15) is 5.10 Å². The number of phenolic OH excluding ortho intramolecular Hbond substituents is 1. The molecule has 3 rings (SSSR count). The van der Waals surface area contributed by atoms with Gasteiger partial charge < -0.3 is 15.7 Å². The molecule has 0 saturated carbocycles. The molecule has 1 aliphatic rings. The minimum atomic E-state index is 0. The van der Waals surface area contributed by atoms with Crippen molar-refractivity contribution in [1.82, 2.24) is 20.4 Å². The smallest absolute Gasteiger partial charge is 0.191 e. The summed E-state index contributed by atoms with van der Waals surface area (Å²) in [5.74, 6) is 1.21. The topological polar surface area (TPSA) is 74.5 Å². The van der Waals surface area contributed by atoms with Crippen molar-refractivity contribution in [3.05, 3.63) is 46.3 Å². The lowest BCUT2D eigenvalue weighted by Crippen LogP contribution is -2.45. The predicted octanol–water partition coefficient (Wildman–Crippen LogP) is 4.02. The first-order valence-electron chi connectivity index (χ1n) is 10.3. The van der Waals surface area contributed by atoms with Gasteiger partial charge >= 0.3 is 0 Å². The second-order valence-electron chi connectivity index (χ2n) is 8.03. The van der Waals surface area contributed by atoms with Crippen LogP contribution in [0.15, 0.2) is 23.3 Å². The molecule has 0 aliphatic heterocycles. The van der Waals surface area contributed by atoms with Crippen LogP contribution in [0, 0.1) is 13.8 Å². The lowest BCUT2D eigenvalue weighted by Gasteiger charge is -2.24. The van der Waals surface area contributed by atoms with Crippen LogP contribution in [0.2, 0.25) is 0 Å². The van der Waals surface area contributed by atoms with Crippen LogP contribution in [0.4, 0.5) is 0 Å². The number of phenols is 1. The summed E-state index contributed by atoms with van der Waals surface area (Å²) in [5, 5.41) is 21.7. The van der Waals surface area contributed by atoms with Crippen molar-refractivity contribution in [3.63, 3.8) is 0 Å². The van der Waals surface area contributed by atoms with Crippen molar-refractivity contribution in [3.8, 4) is 5.75 Å². The van der Waals surface area contributed by atoms with Gasteiger partial charge in [0.1, 0.15) is 5.75 Å². The molecule has 0 radical (unpaired) electrons. The molecule has 29 heavy (non-hydrogen) atoms. The van der Waals surface area contributed by atoms with Crippen molar-refractivity contribution in [1.29, 1.82) is 0 Å². The van der Waals surface area contributed by atoms with Crippen molar-refractivity contribution >= 4 is 29.9 Å². The number of fused-ring (bicyclic) bond motifs is 1. The highest BCUT2D eigenvalue weighted by atomic mass is 127. The number of nitrogens with zero attached hydrogens (tertiary/aromatic N) is 3. The Kier molecular flexibility index (Phi) is 8.36. The molecular weight excluding hydrogens is 477 g/mol. The van der Waals surface area contributed by atoms with Crippen LogP contribution in [0.1, 0.15) is 61.2 Å². The van der Waals surface area contributed by atoms with Gasteiger partial charge in [0.2, 0.25) is 0 Å². The van der Waals surface area contributed by atoms with Crippen LogP contribution >= 0.6 is 24.0 Å². The third-order valence-corrected chi connectivity index (χ3v) is 5.28. The fourth-order valence-corrected chi connectivity index (χ4v) is 3.72. The van der Waals surface area contributed by atoms with Gasteiger partial charge in [0.15, 0.2) is 5.96 Å². The normalized spacial score (nSPS) is 16.3. The number of halogens is 1. The zero-order valence-electron chi connectivity index (χ0n) is 18.1. The minimum Gasteiger partial charge on any atom is -0.507 e. The predicted molar refractivity (Wildman–Crippen MR) is 129 cm³/mol. The zero-order valence-corrected chi connectivity index (χ0v) is 20.4. The molecule has 2 aromatic rings. The number of aliphatic imine (C=N–C) groups is 1. The molecule has 0 spiro atoms. The van der Waals surface area contributed by atoms with Crippen molar-refractivity contribution in [2.24, 2.45) is 4.99 Å². The third kappa shape index (κ3) is 5.87. The highest BCUT2D eigenvalue weighted by Crippen LogP contribution is 2.24. The van der Waals surface area contributed by atoms with Gasteiger partial charge in [-0.05, 0) is 69.7 Å². The Morgan fingerprint density at radius 2 is 2.00 bits per heavy atom. The Morgan fingerprint density at radius 3 is 2.62 bits per heavy atom. The van der Waals surface area contributed by atoms with Gasteiger partial charge in [-0.15, -0.1) is 24.0 Å². The second kappa shape index (κ2) is 10.3. The number of rotatable bonds is 5. The van der Waals surface area contributed by atoms with Gasteiger partial charge in [-0.25, -0.2) is 4.99 Å². The second-order valence-corrected chi connectivity index (χ2v) is 8.03. The van der Waals surface area contributed by atoms with Crippen LogP contribution < -0.4 is 10.6 Å². The Labute approximate surface area is 191 Å². The molecule has 3 N–H and O–H groups in total. The van der Waals surface area contributed by atoms with E-state index in [1.54, 1.807) is 0 Å². The Bertz CT molecular complexity index is 836. The van der Waals surface area contributed by atoms with E-state index in [1.807, 2.05) is 26.0 Å². The SMILES string of the molecule is CCNC(=NCc1cc(C)c(O)c(C)c1)NC1CCc2cn(C(C)C)nc2C1.I. The summed E-state index contributed by atoms with van der Waals surface area (Å²) in [7, 11) is 0. The fourth-order valence-electron chi connectivity index (χ4n) is 3.72. The molecule has 6 nitrogen and oxygen atoms in total. The number of aromatic hydroxyl groups is 1. The molecule has 1 atom stereocenters. The summed E-state index contributed by atoms with van der Waals surface area (Å²) in [4.78, 5) is 4.77. The molecule has 1 aromatic heterocycles. The average Bonchev–Trinajstić information content (AvgIpc) is 3.08. The Morgan fingerprint density at radius 1 is 1.31 bits per heavy atom. The lowest BCUT2D eigenvalue weighted by atomic mass is 9.94. The summed E-state index contributed by atoms with van der Waals surface area (Å²) >= 11 is 0.